The molecule has 0 saturated carbocycles. The molecule has 4 rings (SSSR count). The fourth-order valence-electron chi connectivity index (χ4n) is 5.93. The highest BCUT2D eigenvalue weighted by Crippen LogP contribution is 2.35. The van der Waals surface area contributed by atoms with Crippen molar-refractivity contribution >= 4 is 11.9 Å². The van der Waals surface area contributed by atoms with Crippen molar-refractivity contribution in [3.63, 3.8) is 0 Å². The third-order valence-electron chi connectivity index (χ3n) is 8.72. The maximum atomic E-state index is 13.2. The van der Waals surface area contributed by atoms with Crippen LogP contribution in [0.25, 0.3) is 0 Å². The van der Waals surface area contributed by atoms with Gasteiger partial charge in [-0.05, 0) is 65.2 Å². The lowest BCUT2D eigenvalue weighted by Crippen LogP contribution is -2.62. The molecule has 244 valence electrons. The number of piperazine rings is 1. The SMILES string of the molecule is CC(O)C(=O)O.COC[C@@H](c1ccc(C(F)(F)F)cc1)N1CCN(C2(C)CCN(C(=O)c3c(C)ncnc3C)CC2)C[C@@H]1C. The van der Waals surface area contributed by atoms with Gasteiger partial charge in [-0.2, -0.15) is 13.2 Å². The molecule has 3 heterocycles. The second-order valence-corrected chi connectivity index (χ2v) is 11.8. The first-order valence-electron chi connectivity index (χ1n) is 14.7. The van der Waals surface area contributed by atoms with Crippen LogP contribution < -0.4 is 0 Å². The summed E-state index contributed by atoms with van der Waals surface area (Å²) in [5.74, 6) is -1.19. The van der Waals surface area contributed by atoms with Gasteiger partial charge in [-0.3, -0.25) is 14.6 Å². The maximum Gasteiger partial charge on any atom is 0.416 e. The summed E-state index contributed by atoms with van der Waals surface area (Å²) < 4.78 is 44.7. The Bertz CT molecular complexity index is 1250. The van der Waals surface area contributed by atoms with E-state index < -0.39 is 23.8 Å². The average Bonchev–Trinajstić information content (AvgIpc) is 2.96. The van der Waals surface area contributed by atoms with Gasteiger partial charge < -0.3 is 19.8 Å². The first-order valence-corrected chi connectivity index (χ1v) is 14.7. The Labute approximate surface area is 256 Å². The summed E-state index contributed by atoms with van der Waals surface area (Å²) in [6.07, 6.45) is -2.35. The fourth-order valence-corrected chi connectivity index (χ4v) is 5.93. The highest BCUT2D eigenvalue weighted by atomic mass is 19.4. The van der Waals surface area contributed by atoms with Crippen molar-refractivity contribution in [1.82, 2.24) is 24.7 Å². The number of aliphatic hydroxyl groups excluding tert-OH is 1. The molecule has 10 nitrogen and oxygen atoms in total. The molecule has 1 unspecified atom stereocenters. The van der Waals surface area contributed by atoms with E-state index in [1.807, 2.05) is 18.7 Å². The molecule has 2 aliphatic rings. The molecule has 3 atom stereocenters. The number of benzene rings is 1. The van der Waals surface area contributed by atoms with Crippen LogP contribution in [0.4, 0.5) is 13.2 Å². The molecule has 2 aromatic rings. The number of piperidine rings is 1. The van der Waals surface area contributed by atoms with E-state index in [1.165, 1.54) is 13.3 Å². The summed E-state index contributed by atoms with van der Waals surface area (Å²) in [6, 6.07) is 5.52. The number of carboxylic acid groups (broad SMARTS) is 1. The minimum Gasteiger partial charge on any atom is -0.479 e. The zero-order valence-corrected chi connectivity index (χ0v) is 26.3. The molecule has 1 amide bonds. The number of carbonyl (C=O) groups is 2. The number of methoxy groups -OCH3 is 1. The molecule has 2 fully saturated rings. The van der Waals surface area contributed by atoms with Crippen LogP contribution in [-0.2, 0) is 15.7 Å². The lowest BCUT2D eigenvalue weighted by atomic mass is 9.86. The summed E-state index contributed by atoms with van der Waals surface area (Å²) >= 11 is 0. The third-order valence-corrected chi connectivity index (χ3v) is 8.72. The Morgan fingerprint density at radius 2 is 1.61 bits per heavy atom. The Hall–Kier alpha value is -3.13. The Kier molecular flexibility index (Phi) is 11.9. The zero-order valence-electron chi connectivity index (χ0n) is 26.3. The van der Waals surface area contributed by atoms with Gasteiger partial charge in [0.1, 0.15) is 12.4 Å². The van der Waals surface area contributed by atoms with Crippen LogP contribution in [0.15, 0.2) is 30.6 Å². The number of hydrogen-bond acceptors (Lipinski definition) is 8. The van der Waals surface area contributed by atoms with E-state index in [0.29, 0.717) is 36.6 Å². The van der Waals surface area contributed by atoms with Crippen LogP contribution in [0.2, 0.25) is 0 Å². The smallest absolute Gasteiger partial charge is 0.416 e. The topological polar surface area (TPSA) is 119 Å². The van der Waals surface area contributed by atoms with E-state index in [0.717, 1.165) is 50.2 Å². The predicted octanol–water partition coefficient (Wildman–Crippen LogP) is 3.95. The van der Waals surface area contributed by atoms with Crippen molar-refractivity contribution in [1.29, 1.82) is 0 Å². The van der Waals surface area contributed by atoms with Gasteiger partial charge in [0.25, 0.3) is 5.91 Å². The first-order chi connectivity index (χ1) is 20.6. The highest BCUT2D eigenvalue weighted by Gasteiger charge is 2.41. The number of carbonyl (C=O) groups excluding carboxylic acids is 1. The van der Waals surface area contributed by atoms with E-state index in [2.05, 4.69) is 33.6 Å². The molecule has 1 aromatic carbocycles. The number of carboxylic acids is 1. The van der Waals surface area contributed by atoms with Gasteiger partial charge in [0.05, 0.1) is 35.2 Å². The number of halogens is 3. The number of ether oxygens (including phenoxy) is 1. The lowest BCUT2D eigenvalue weighted by Gasteiger charge is -2.52. The number of aryl methyl sites for hydroxylation is 2. The minimum absolute atomic E-state index is 0.000198. The molecule has 44 heavy (non-hydrogen) atoms. The molecule has 0 spiro atoms. The van der Waals surface area contributed by atoms with Crippen LogP contribution >= 0.6 is 0 Å². The van der Waals surface area contributed by atoms with Crippen molar-refractivity contribution in [2.24, 2.45) is 0 Å². The number of likely N-dealkylation sites (tertiary alicyclic amines) is 1. The third kappa shape index (κ3) is 8.52. The summed E-state index contributed by atoms with van der Waals surface area (Å²) in [5.41, 5.74) is 2.18. The van der Waals surface area contributed by atoms with Gasteiger partial charge in [0, 0.05) is 51.4 Å². The monoisotopic (exact) mass is 623 g/mol. The Balaban J connectivity index is 0.000000801. The van der Waals surface area contributed by atoms with E-state index in [1.54, 1.807) is 19.2 Å². The van der Waals surface area contributed by atoms with Crippen LogP contribution in [0.5, 0.6) is 0 Å². The quantitative estimate of drug-likeness (QED) is 0.473. The second-order valence-electron chi connectivity index (χ2n) is 11.8. The summed E-state index contributed by atoms with van der Waals surface area (Å²) in [6.45, 7) is 13.6. The number of aliphatic hydroxyl groups is 1. The molecule has 1 aromatic heterocycles. The normalized spacial score (nSPS) is 20.8. The molecule has 0 aliphatic carbocycles. The van der Waals surface area contributed by atoms with Crippen LogP contribution in [0.1, 0.15) is 72.5 Å². The molecule has 13 heteroatoms. The van der Waals surface area contributed by atoms with Gasteiger partial charge in [-0.25, -0.2) is 14.8 Å². The van der Waals surface area contributed by atoms with Crippen molar-refractivity contribution in [2.75, 3.05) is 46.4 Å². The summed E-state index contributed by atoms with van der Waals surface area (Å²) in [5, 5.41) is 15.8. The number of hydrogen-bond donors (Lipinski definition) is 2. The van der Waals surface area contributed by atoms with Crippen LogP contribution in [-0.4, -0.2) is 111 Å². The van der Waals surface area contributed by atoms with E-state index >= 15 is 0 Å². The standard InChI is InChI=1S/C28H38F3N5O2.C3H6O3/c1-19-16-35(14-15-36(19)24(17-38-5)22-6-8-23(9-7-22)28(29,30)31)27(4)10-12-34(13-11-27)26(37)25-20(2)32-18-33-21(25)3;1-2(4)3(5)6/h6-9,18-19,24H,10-17H2,1-5H3;2,4H,1H3,(H,5,6)/t19-,24-;/m0./s1. The van der Waals surface area contributed by atoms with E-state index in [9.17, 15) is 22.8 Å². The molecule has 0 bridgehead atoms. The average molecular weight is 624 g/mol. The second kappa shape index (κ2) is 14.8. The van der Waals surface area contributed by atoms with E-state index in [-0.39, 0.29) is 23.5 Å². The minimum atomic E-state index is -4.35. The number of nitrogens with zero attached hydrogens (tertiary/aromatic N) is 5. The number of alkyl halides is 3. The Morgan fingerprint density at radius 3 is 2.07 bits per heavy atom. The largest absolute Gasteiger partial charge is 0.479 e. The van der Waals surface area contributed by atoms with Gasteiger partial charge in [0.15, 0.2) is 0 Å². The maximum absolute atomic E-state index is 13.2. The fraction of sp³-hybridized carbons (Fsp3) is 0.613. The molecule has 2 saturated heterocycles. The van der Waals surface area contributed by atoms with Gasteiger partial charge in [0.2, 0.25) is 0 Å². The van der Waals surface area contributed by atoms with E-state index in [4.69, 9.17) is 14.9 Å². The van der Waals surface area contributed by atoms with Crippen molar-refractivity contribution in [3.05, 3.63) is 58.7 Å². The predicted molar refractivity (Wildman–Crippen MR) is 158 cm³/mol. The number of rotatable bonds is 7. The molecular weight excluding hydrogens is 579 g/mol. The molecule has 2 aliphatic heterocycles. The number of aromatic nitrogens is 2. The molecular formula is C31H44F3N5O5. The van der Waals surface area contributed by atoms with Gasteiger partial charge in [-0.15, -0.1) is 0 Å². The van der Waals surface area contributed by atoms with Crippen LogP contribution in [0, 0.1) is 13.8 Å². The summed E-state index contributed by atoms with van der Waals surface area (Å²) in [4.78, 5) is 37.9. The number of amides is 1. The van der Waals surface area contributed by atoms with Crippen molar-refractivity contribution in [3.8, 4) is 0 Å². The summed E-state index contributed by atoms with van der Waals surface area (Å²) in [7, 11) is 1.62. The first kappa shape index (κ1) is 35.4. The molecule has 2 N–H and O–H groups in total. The van der Waals surface area contributed by atoms with Gasteiger partial charge >= 0.3 is 12.1 Å². The zero-order chi connectivity index (χ0) is 32.8. The van der Waals surface area contributed by atoms with Gasteiger partial charge in [-0.1, -0.05) is 12.1 Å². The lowest BCUT2D eigenvalue weighted by molar-refractivity contribution is -0.145. The highest BCUT2D eigenvalue weighted by molar-refractivity contribution is 5.96. The van der Waals surface area contributed by atoms with Crippen LogP contribution in [0.3, 0.4) is 0 Å². The Morgan fingerprint density at radius 1 is 1.07 bits per heavy atom. The van der Waals surface area contributed by atoms with Crippen molar-refractivity contribution in [2.45, 2.75) is 77.4 Å². The van der Waals surface area contributed by atoms with Crippen molar-refractivity contribution < 1.29 is 37.7 Å². The molecule has 0 radical (unpaired) electrons. The number of aliphatic carboxylic acids is 1.